The maximum absolute atomic E-state index is 12.7. The van der Waals surface area contributed by atoms with Gasteiger partial charge in [0.15, 0.2) is 0 Å². The van der Waals surface area contributed by atoms with E-state index in [2.05, 4.69) is 0 Å². The lowest BCUT2D eigenvalue weighted by molar-refractivity contribution is -0.139. The first-order valence-corrected chi connectivity index (χ1v) is 9.54. The Morgan fingerprint density at radius 2 is 1.81 bits per heavy atom. The minimum atomic E-state index is -0.417. The molecule has 2 aliphatic heterocycles. The van der Waals surface area contributed by atoms with Crippen molar-refractivity contribution in [3.63, 3.8) is 0 Å². The van der Waals surface area contributed by atoms with E-state index in [0.717, 1.165) is 33.0 Å². The first-order valence-electron chi connectivity index (χ1n) is 8.72. The van der Waals surface area contributed by atoms with E-state index in [9.17, 15) is 14.4 Å². The highest BCUT2D eigenvalue weighted by Crippen LogP contribution is 2.33. The number of amides is 3. The molecule has 3 amide bonds. The van der Waals surface area contributed by atoms with Crippen LogP contribution in [-0.2, 0) is 14.3 Å². The van der Waals surface area contributed by atoms with Crippen molar-refractivity contribution in [3.05, 3.63) is 52.9 Å². The highest BCUT2D eigenvalue weighted by molar-refractivity contribution is 8.18. The Morgan fingerprint density at radius 1 is 1.07 bits per heavy atom. The van der Waals surface area contributed by atoms with E-state index in [0.29, 0.717) is 31.2 Å². The highest BCUT2D eigenvalue weighted by atomic mass is 32.2. The number of benzene rings is 2. The number of imide groups is 1. The Kier molecular flexibility index (Phi) is 4.96. The van der Waals surface area contributed by atoms with E-state index in [1.54, 1.807) is 11.0 Å². The first-order chi connectivity index (χ1) is 13.1. The smallest absolute Gasteiger partial charge is 0.294 e. The fourth-order valence-electron chi connectivity index (χ4n) is 3.20. The van der Waals surface area contributed by atoms with Gasteiger partial charge in [-0.05, 0) is 34.2 Å². The number of carbonyl (C=O) groups excluding carboxylic acids is 3. The van der Waals surface area contributed by atoms with Crippen LogP contribution in [0.2, 0.25) is 0 Å². The minimum Gasteiger partial charge on any atom is -0.378 e. The standard InChI is InChI=1S/C20H18N2O4S/c23-18(21-8-10-26-11-9-21)13-22-19(24)17(27-20(22)25)12-15-6-3-5-14-4-1-2-7-16(14)15/h1-7,12H,8-11,13H2/b17-12-. The number of hydrogen-bond acceptors (Lipinski definition) is 5. The van der Waals surface area contributed by atoms with Crippen molar-refractivity contribution in [2.24, 2.45) is 0 Å². The molecule has 0 atom stereocenters. The van der Waals surface area contributed by atoms with Crippen LogP contribution in [0.25, 0.3) is 16.8 Å². The van der Waals surface area contributed by atoms with Gasteiger partial charge in [0.2, 0.25) is 5.91 Å². The summed E-state index contributed by atoms with van der Waals surface area (Å²) in [6.45, 7) is 1.71. The zero-order chi connectivity index (χ0) is 18.8. The van der Waals surface area contributed by atoms with Crippen LogP contribution in [0.15, 0.2) is 47.4 Å². The molecular formula is C20H18N2O4S. The topological polar surface area (TPSA) is 66.9 Å². The summed E-state index contributed by atoms with van der Waals surface area (Å²) in [5.41, 5.74) is 0.873. The molecule has 27 heavy (non-hydrogen) atoms. The maximum Gasteiger partial charge on any atom is 0.294 e. The number of fused-ring (bicyclic) bond motifs is 1. The van der Waals surface area contributed by atoms with Crippen LogP contribution in [0, 0.1) is 0 Å². The second-order valence-electron chi connectivity index (χ2n) is 6.33. The molecule has 2 saturated heterocycles. The van der Waals surface area contributed by atoms with Crippen molar-refractivity contribution in [1.29, 1.82) is 0 Å². The van der Waals surface area contributed by atoms with E-state index in [-0.39, 0.29) is 12.5 Å². The summed E-state index contributed by atoms with van der Waals surface area (Å²) in [6, 6.07) is 13.7. The Morgan fingerprint density at radius 3 is 2.63 bits per heavy atom. The predicted octanol–water partition coefficient (Wildman–Crippen LogP) is 2.73. The second-order valence-corrected chi connectivity index (χ2v) is 7.32. The van der Waals surface area contributed by atoms with Crippen LogP contribution in [0.4, 0.5) is 4.79 Å². The summed E-state index contributed by atoms with van der Waals surface area (Å²) in [5, 5.41) is 1.66. The minimum absolute atomic E-state index is 0.225. The monoisotopic (exact) mass is 382 g/mol. The molecule has 2 fully saturated rings. The zero-order valence-electron chi connectivity index (χ0n) is 14.6. The fourth-order valence-corrected chi connectivity index (χ4v) is 4.03. The largest absolute Gasteiger partial charge is 0.378 e. The third-order valence-electron chi connectivity index (χ3n) is 4.64. The third kappa shape index (κ3) is 3.61. The Bertz CT molecular complexity index is 945. The van der Waals surface area contributed by atoms with E-state index >= 15 is 0 Å². The van der Waals surface area contributed by atoms with Gasteiger partial charge in [-0.1, -0.05) is 42.5 Å². The second kappa shape index (κ2) is 7.54. The van der Waals surface area contributed by atoms with Crippen LogP contribution >= 0.6 is 11.8 Å². The molecule has 4 rings (SSSR count). The molecule has 7 heteroatoms. The van der Waals surface area contributed by atoms with Gasteiger partial charge in [0, 0.05) is 13.1 Å². The van der Waals surface area contributed by atoms with Gasteiger partial charge in [-0.2, -0.15) is 0 Å². The fraction of sp³-hybridized carbons (Fsp3) is 0.250. The lowest BCUT2D eigenvalue weighted by Gasteiger charge is -2.28. The molecule has 2 aliphatic rings. The van der Waals surface area contributed by atoms with Gasteiger partial charge in [0.1, 0.15) is 6.54 Å². The van der Waals surface area contributed by atoms with Crippen LogP contribution in [0.5, 0.6) is 0 Å². The SMILES string of the molecule is O=C(CN1C(=O)S/C(=C\c2cccc3ccccc23)C1=O)N1CCOCC1. The third-order valence-corrected chi connectivity index (χ3v) is 5.55. The molecule has 0 aromatic heterocycles. The van der Waals surface area contributed by atoms with Crippen molar-refractivity contribution in [3.8, 4) is 0 Å². The summed E-state index contributed by atoms with van der Waals surface area (Å²) >= 11 is 0.877. The van der Waals surface area contributed by atoms with Gasteiger partial charge in [-0.3, -0.25) is 19.3 Å². The van der Waals surface area contributed by atoms with Gasteiger partial charge < -0.3 is 9.64 Å². The number of rotatable bonds is 3. The van der Waals surface area contributed by atoms with Gasteiger partial charge in [0.25, 0.3) is 11.1 Å². The molecule has 6 nitrogen and oxygen atoms in total. The molecule has 2 aromatic carbocycles. The number of hydrogen-bond donors (Lipinski definition) is 0. The lowest BCUT2D eigenvalue weighted by atomic mass is 10.0. The molecule has 0 spiro atoms. The summed E-state index contributed by atoms with van der Waals surface area (Å²) in [4.78, 5) is 40.4. The van der Waals surface area contributed by atoms with E-state index in [4.69, 9.17) is 4.74 Å². The molecule has 0 N–H and O–H groups in total. The molecule has 2 aromatic rings. The van der Waals surface area contributed by atoms with E-state index in [1.165, 1.54) is 0 Å². The number of carbonyl (C=O) groups is 3. The van der Waals surface area contributed by atoms with Gasteiger partial charge in [0.05, 0.1) is 18.1 Å². The lowest BCUT2D eigenvalue weighted by Crippen LogP contribution is -2.46. The van der Waals surface area contributed by atoms with Gasteiger partial charge in [-0.25, -0.2) is 0 Å². The normalized spacial score (nSPS) is 19.3. The molecule has 0 unspecified atom stereocenters. The Balaban J connectivity index is 1.55. The zero-order valence-corrected chi connectivity index (χ0v) is 15.4. The Hall–Kier alpha value is -2.64. The van der Waals surface area contributed by atoms with Crippen molar-refractivity contribution in [2.75, 3.05) is 32.8 Å². The van der Waals surface area contributed by atoms with E-state index in [1.807, 2.05) is 42.5 Å². The van der Waals surface area contributed by atoms with Crippen LogP contribution in [-0.4, -0.2) is 59.7 Å². The molecule has 0 aliphatic carbocycles. The van der Waals surface area contributed by atoms with Crippen molar-refractivity contribution in [2.45, 2.75) is 0 Å². The molecule has 0 radical (unpaired) electrons. The summed E-state index contributed by atoms with van der Waals surface area (Å²) in [5.74, 6) is -0.647. The number of ether oxygens (including phenoxy) is 1. The molecule has 138 valence electrons. The molecule has 0 saturated carbocycles. The van der Waals surface area contributed by atoms with Gasteiger partial charge >= 0.3 is 0 Å². The van der Waals surface area contributed by atoms with Crippen molar-refractivity contribution in [1.82, 2.24) is 9.80 Å². The van der Waals surface area contributed by atoms with Crippen molar-refractivity contribution < 1.29 is 19.1 Å². The maximum atomic E-state index is 12.7. The average molecular weight is 382 g/mol. The predicted molar refractivity (Wildman–Crippen MR) is 104 cm³/mol. The quantitative estimate of drug-likeness (QED) is 0.764. The summed E-state index contributed by atoms with van der Waals surface area (Å²) in [6.07, 6.45) is 1.73. The molecule has 2 heterocycles. The number of nitrogens with zero attached hydrogens (tertiary/aromatic N) is 2. The number of thioether (sulfide) groups is 1. The van der Waals surface area contributed by atoms with Crippen LogP contribution in [0.3, 0.4) is 0 Å². The van der Waals surface area contributed by atoms with E-state index < -0.39 is 11.1 Å². The van der Waals surface area contributed by atoms with Crippen LogP contribution < -0.4 is 0 Å². The van der Waals surface area contributed by atoms with Crippen LogP contribution in [0.1, 0.15) is 5.56 Å². The molecule has 0 bridgehead atoms. The van der Waals surface area contributed by atoms with Crippen molar-refractivity contribution >= 4 is 45.7 Å². The molecular weight excluding hydrogens is 364 g/mol. The number of morpholine rings is 1. The van der Waals surface area contributed by atoms with Gasteiger partial charge in [-0.15, -0.1) is 0 Å². The Labute approximate surface area is 160 Å². The first kappa shape index (κ1) is 17.8. The summed E-state index contributed by atoms with van der Waals surface area (Å²) in [7, 11) is 0. The summed E-state index contributed by atoms with van der Waals surface area (Å²) < 4.78 is 5.23. The average Bonchev–Trinajstić information content (AvgIpc) is 2.96. The highest BCUT2D eigenvalue weighted by Gasteiger charge is 2.37.